The largest absolute Gasteiger partial charge is 0.481 e. The molecule has 3 rings (SSSR count). The minimum absolute atomic E-state index is 0.0644. The minimum atomic E-state index is -0.800. The molecule has 0 radical (unpaired) electrons. The fourth-order valence-corrected chi connectivity index (χ4v) is 5.16. The molecule has 0 saturated heterocycles. The molecule has 0 aromatic heterocycles. The number of hydrogen-bond acceptors (Lipinski definition) is 2. The molecule has 6 atom stereocenters. The Hall–Kier alpha value is -1.06. The summed E-state index contributed by atoms with van der Waals surface area (Å²) in [6.07, 6.45) is 6.71. The lowest BCUT2D eigenvalue weighted by Crippen LogP contribution is -2.40. The lowest BCUT2D eigenvalue weighted by atomic mass is 9.88. The van der Waals surface area contributed by atoms with Gasteiger partial charge < -0.3 is 10.0 Å². The van der Waals surface area contributed by atoms with Gasteiger partial charge in [0.25, 0.3) is 0 Å². The summed E-state index contributed by atoms with van der Waals surface area (Å²) in [5.74, 6) is 1.18. The van der Waals surface area contributed by atoms with Crippen LogP contribution in [0, 0.1) is 35.5 Å². The first-order valence-corrected chi connectivity index (χ1v) is 8.43. The Balaban J connectivity index is 1.60. The Morgan fingerprint density at radius 1 is 1.10 bits per heavy atom. The van der Waals surface area contributed by atoms with Gasteiger partial charge in [-0.1, -0.05) is 13.3 Å². The fourth-order valence-electron chi connectivity index (χ4n) is 5.16. The highest BCUT2D eigenvalue weighted by molar-refractivity contribution is 5.85. The van der Waals surface area contributed by atoms with E-state index in [1.807, 2.05) is 11.9 Å². The second kappa shape index (κ2) is 5.62. The Kier molecular flexibility index (Phi) is 3.98. The van der Waals surface area contributed by atoms with Crippen LogP contribution in [0.15, 0.2) is 0 Å². The standard InChI is InChI=1S/C17H27NO3/c1-10-5-14(15(6-10)17(20)21)16(19)18(2)9-13-8-11-3-4-12(13)7-11/h10-15H,3-9H2,1-2H3,(H,20,21)/t10?,11?,12?,13?,14-,15+/m0/s1. The fraction of sp³-hybridized carbons (Fsp3) is 0.882. The molecule has 0 heterocycles. The Labute approximate surface area is 126 Å². The van der Waals surface area contributed by atoms with Gasteiger partial charge in [-0.05, 0) is 55.8 Å². The maximum Gasteiger partial charge on any atom is 0.307 e. The summed E-state index contributed by atoms with van der Waals surface area (Å²) >= 11 is 0. The van der Waals surface area contributed by atoms with E-state index in [-0.39, 0.29) is 11.8 Å². The molecule has 2 bridgehead atoms. The van der Waals surface area contributed by atoms with Crippen LogP contribution < -0.4 is 0 Å². The molecular formula is C17H27NO3. The van der Waals surface area contributed by atoms with Crippen LogP contribution in [0.1, 0.15) is 45.4 Å². The summed E-state index contributed by atoms with van der Waals surface area (Å²) in [4.78, 5) is 25.9. The molecule has 4 nitrogen and oxygen atoms in total. The van der Waals surface area contributed by atoms with Gasteiger partial charge in [0, 0.05) is 13.6 Å². The lowest BCUT2D eigenvalue weighted by Gasteiger charge is -2.29. The van der Waals surface area contributed by atoms with E-state index in [1.165, 1.54) is 25.7 Å². The SMILES string of the molecule is CC1C[C@H](C(=O)N(C)CC2CC3CCC2C3)[C@H](C(=O)O)C1. The third kappa shape index (κ3) is 2.82. The van der Waals surface area contributed by atoms with Crippen molar-refractivity contribution in [2.24, 2.45) is 35.5 Å². The van der Waals surface area contributed by atoms with Crippen molar-refractivity contribution in [2.75, 3.05) is 13.6 Å². The van der Waals surface area contributed by atoms with Crippen LogP contribution in [-0.4, -0.2) is 35.5 Å². The molecule has 3 aliphatic carbocycles. The van der Waals surface area contributed by atoms with Gasteiger partial charge in [-0.15, -0.1) is 0 Å². The van der Waals surface area contributed by atoms with Gasteiger partial charge in [0.2, 0.25) is 5.91 Å². The first kappa shape index (κ1) is 14.9. The zero-order valence-corrected chi connectivity index (χ0v) is 13.1. The maximum absolute atomic E-state index is 12.7. The number of hydrogen-bond donors (Lipinski definition) is 1. The van der Waals surface area contributed by atoms with Crippen molar-refractivity contribution in [2.45, 2.75) is 45.4 Å². The number of nitrogens with zero attached hydrogens (tertiary/aromatic N) is 1. The topological polar surface area (TPSA) is 57.6 Å². The van der Waals surface area contributed by atoms with E-state index in [9.17, 15) is 14.7 Å². The van der Waals surface area contributed by atoms with Crippen molar-refractivity contribution in [3.63, 3.8) is 0 Å². The van der Waals surface area contributed by atoms with Gasteiger partial charge in [-0.25, -0.2) is 0 Å². The van der Waals surface area contributed by atoms with Crippen LogP contribution >= 0.6 is 0 Å². The summed E-state index contributed by atoms with van der Waals surface area (Å²) in [5.41, 5.74) is 0. The third-order valence-electron chi connectivity index (χ3n) is 6.20. The Morgan fingerprint density at radius 2 is 1.81 bits per heavy atom. The van der Waals surface area contributed by atoms with Crippen LogP contribution in [0.4, 0.5) is 0 Å². The average molecular weight is 293 g/mol. The van der Waals surface area contributed by atoms with E-state index in [2.05, 4.69) is 6.92 Å². The van der Waals surface area contributed by atoms with Crippen molar-refractivity contribution in [1.82, 2.24) is 4.90 Å². The van der Waals surface area contributed by atoms with E-state index in [0.717, 1.165) is 24.8 Å². The molecule has 4 heteroatoms. The van der Waals surface area contributed by atoms with E-state index in [1.54, 1.807) is 0 Å². The number of amides is 1. The van der Waals surface area contributed by atoms with Crippen molar-refractivity contribution >= 4 is 11.9 Å². The Bertz CT molecular complexity index is 436. The zero-order valence-electron chi connectivity index (χ0n) is 13.1. The van der Waals surface area contributed by atoms with E-state index in [4.69, 9.17) is 0 Å². The molecule has 1 amide bonds. The highest BCUT2D eigenvalue weighted by atomic mass is 16.4. The maximum atomic E-state index is 12.7. The predicted octanol–water partition coefficient (Wildman–Crippen LogP) is 2.63. The summed E-state index contributed by atoms with van der Waals surface area (Å²) < 4.78 is 0. The summed E-state index contributed by atoms with van der Waals surface area (Å²) in [6, 6.07) is 0. The molecule has 4 unspecified atom stereocenters. The third-order valence-corrected chi connectivity index (χ3v) is 6.20. The molecule has 118 valence electrons. The second-order valence-corrected chi connectivity index (χ2v) is 7.78. The molecule has 3 saturated carbocycles. The van der Waals surface area contributed by atoms with E-state index < -0.39 is 11.9 Å². The molecule has 1 N–H and O–H groups in total. The van der Waals surface area contributed by atoms with Crippen LogP contribution in [0.5, 0.6) is 0 Å². The van der Waals surface area contributed by atoms with Crippen LogP contribution in [0.2, 0.25) is 0 Å². The van der Waals surface area contributed by atoms with Gasteiger partial charge >= 0.3 is 5.97 Å². The normalized spacial score (nSPS) is 41.4. The number of carbonyl (C=O) groups is 2. The highest BCUT2D eigenvalue weighted by Gasteiger charge is 2.44. The average Bonchev–Trinajstić information content (AvgIpc) is 3.12. The highest BCUT2D eigenvalue weighted by Crippen LogP contribution is 2.48. The molecule has 0 aromatic rings. The van der Waals surface area contributed by atoms with Crippen molar-refractivity contribution in [3.05, 3.63) is 0 Å². The molecule has 21 heavy (non-hydrogen) atoms. The number of carboxylic acid groups (broad SMARTS) is 1. The molecule has 3 fully saturated rings. The minimum Gasteiger partial charge on any atom is -0.481 e. The van der Waals surface area contributed by atoms with Gasteiger partial charge in [-0.3, -0.25) is 9.59 Å². The predicted molar refractivity (Wildman–Crippen MR) is 79.6 cm³/mol. The number of carboxylic acids is 1. The van der Waals surface area contributed by atoms with Crippen molar-refractivity contribution in [3.8, 4) is 0 Å². The molecule has 0 aliphatic heterocycles. The number of carbonyl (C=O) groups excluding carboxylic acids is 1. The number of rotatable bonds is 4. The molecular weight excluding hydrogens is 266 g/mol. The summed E-state index contributed by atoms with van der Waals surface area (Å²) in [7, 11) is 1.87. The molecule has 0 spiro atoms. The number of fused-ring (bicyclic) bond motifs is 2. The van der Waals surface area contributed by atoms with Crippen molar-refractivity contribution in [1.29, 1.82) is 0 Å². The quantitative estimate of drug-likeness (QED) is 0.867. The second-order valence-electron chi connectivity index (χ2n) is 7.78. The first-order valence-electron chi connectivity index (χ1n) is 8.43. The van der Waals surface area contributed by atoms with Crippen LogP contribution in [0.3, 0.4) is 0 Å². The number of aliphatic carboxylic acids is 1. The Morgan fingerprint density at radius 3 is 2.38 bits per heavy atom. The smallest absolute Gasteiger partial charge is 0.307 e. The summed E-state index contributed by atoms with van der Waals surface area (Å²) in [5, 5.41) is 9.33. The van der Waals surface area contributed by atoms with Crippen LogP contribution in [-0.2, 0) is 9.59 Å². The first-order chi connectivity index (χ1) is 9.95. The van der Waals surface area contributed by atoms with Gasteiger partial charge in [0.15, 0.2) is 0 Å². The molecule has 0 aromatic carbocycles. The summed E-state index contributed by atoms with van der Waals surface area (Å²) in [6.45, 7) is 2.89. The van der Waals surface area contributed by atoms with Gasteiger partial charge in [-0.2, -0.15) is 0 Å². The van der Waals surface area contributed by atoms with Crippen LogP contribution in [0.25, 0.3) is 0 Å². The van der Waals surface area contributed by atoms with Gasteiger partial charge in [0.1, 0.15) is 0 Å². The van der Waals surface area contributed by atoms with Crippen molar-refractivity contribution < 1.29 is 14.7 Å². The monoisotopic (exact) mass is 293 g/mol. The van der Waals surface area contributed by atoms with Gasteiger partial charge in [0.05, 0.1) is 11.8 Å². The van der Waals surface area contributed by atoms with E-state index >= 15 is 0 Å². The zero-order chi connectivity index (χ0) is 15.1. The molecule has 3 aliphatic rings. The lowest BCUT2D eigenvalue weighted by molar-refractivity contribution is -0.148. The van der Waals surface area contributed by atoms with E-state index in [0.29, 0.717) is 18.3 Å².